The Bertz CT molecular complexity index is 381. The van der Waals surface area contributed by atoms with E-state index in [0.29, 0.717) is 13.0 Å². The van der Waals surface area contributed by atoms with Crippen LogP contribution in [0.4, 0.5) is 0 Å². The number of unbranched alkanes of at least 4 members (excludes halogenated alkanes) is 1. The van der Waals surface area contributed by atoms with Gasteiger partial charge in [-0.2, -0.15) is 0 Å². The molecule has 18 heavy (non-hydrogen) atoms. The van der Waals surface area contributed by atoms with Crippen LogP contribution in [0.2, 0.25) is 0 Å². The van der Waals surface area contributed by atoms with Gasteiger partial charge in [-0.25, -0.2) is 8.42 Å². The number of carbonyl (C=O) groups excluding carboxylic acids is 1. The molecule has 0 radical (unpaired) electrons. The summed E-state index contributed by atoms with van der Waals surface area (Å²) >= 11 is 0. The lowest BCUT2D eigenvalue weighted by Gasteiger charge is -2.25. The molecule has 1 unspecified atom stereocenters. The Morgan fingerprint density at radius 2 is 2.00 bits per heavy atom. The molecule has 1 aliphatic heterocycles. The maximum absolute atomic E-state index is 11.9. The molecule has 1 heterocycles. The first kappa shape index (κ1) is 15.4. The number of hydrogen-bond donors (Lipinski definition) is 0. The van der Waals surface area contributed by atoms with Gasteiger partial charge in [-0.05, 0) is 19.9 Å². The van der Waals surface area contributed by atoms with Crippen LogP contribution in [-0.2, 0) is 14.6 Å². The molecule has 0 aromatic carbocycles. The van der Waals surface area contributed by atoms with Crippen molar-refractivity contribution >= 4 is 15.7 Å². The first-order valence-corrected chi connectivity index (χ1v) is 8.32. The third-order valence-electron chi connectivity index (χ3n) is 3.49. The summed E-state index contributed by atoms with van der Waals surface area (Å²) < 4.78 is 22.8. The molecule has 106 valence electrons. The van der Waals surface area contributed by atoms with Gasteiger partial charge >= 0.3 is 0 Å². The Morgan fingerprint density at radius 1 is 1.33 bits per heavy atom. The van der Waals surface area contributed by atoms with Crippen LogP contribution in [0.5, 0.6) is 0 Å². The highest BCUT2D eigenvalue weighted by atomic mass is 32.2. The molecule has 1 fully saturated rings. The third-order valence-corrected chi connectivity index (χ3v) is 5.24. The summed E-state index contributed by atoms with van der Waals surface area (Å²) in [6.07, 6.45) is 2.71. The Labute approximate surface area is 110 Å². The van der Waals surface area contributed by atoms with E-state index in [-0.39, 0.29) is 23.5 Å². The van der Waals surface area contributed by atoms with Crippen LogP contribution in [-0.4, -0.2) is 68.9 Å². The fourth-order valence-corrected chi connectivity index (χ4v) is 3.91. The number of hydrogen-bond acceptors (Lipinski definition) is 4. The highest BCUT2D eigenvalue weighted by molar-refractivity contribution is 7.91. The minimum absolute atomic E-state index is 0.00137. The molecular formula is C12H24N2O3S. The predicted molar refractivity (Wildman–Crippen MR) is 72.2 cm³/mol. The zero-order valence-corrected chi connectivity index (χ0v) is 12.4. The second kappa shape index (κ2) is 6.52. The van der Waals surface area contributed by atoms with E-state index in [1.54, 1.807) is 11.9 Å². The molecule has 1 saturated heterocycles. The van der Waals surface area contributed by atoms with E-state index in [1.165, 1.54) is 0 Å². The molecular weight excluding hydrogens is 252 g/mol. The summed E-state index contributed by atoms with van der Waals surface area (Å²) in [5.41, 5.74) is 0. The normalized spacial score (nSPS) is 22.3. The molecule has 0 spiro atoms. The zero-order chi connectivity index (χ0) is 13.8. The lowest BCUT2D eigenvalue weighted by molar-refractivity contribution is -0.131. The van der Waals surface area contributed by atoms with Crippen LogP contribution in [0.3, 0.4) is 0 Å². The largest absolute Gasteiger partial charge is 0.345 e. The maximum atomic E-state index is 11.9. The Balaban J connectivity index is 2.40. The molecule has 0 aromatic rings. The van der Waals surface area contributed by atoms with Crippen molar-refractivity contribution in [1.82, 2.24) is 9.80 Å². The summed E-state index contributed by atoms with van der Waals surface area (Å²) in [7, 11) is 0.756. The topological polar surface area (TPSA) is 57.7 Å². The van der Waals surface area contributed by atoms with E-state index >= 15 is 0 Å². The molecule has 1 aliphatic rings. The Kier molecular flexibility index (Phi) is 5.59. The van der Waals surface area contributed by atoms with Crippen molar-refractivity contribution in [2.45, 2.75) is 32.2 Å². The van der Waals surface area contributed by atoms with Gasteiger partial charge in [0.05, 0.1) is 18.1 Å². The van der Waals surface area contributed by atoms with Gasteiger partial charge in [0, 0.05) is 19.6 Å². The predicted octanol–water partition coefficient (Wildman–Crippen LogP) is 0.364. The van der Waals surface area contributed by atoms with E-state index < -0.39 is 9.84 Å². The minimum atomic E-state index is -2.88. The van der Waals surface area contributed by atoms with Crippen LogP contribution in [0, 0.1) is 0 Å². The van der Waals surface area contributed by atoms with Gasteiger partial charge in [0.1, 0.15) is 0 Å². The Morgan fingerprint density at radius 3 is 2.50 bits per heavy atom. The maximum Gasteiger partial charge on any atom is 0.236 e. The highest BCUT2D eigenvalue weighted by Gasteiger charge is 2.31. The Hall–Kier alpha value is -0.620. The van der Waals surface area contributed by atoms with Crippen molar-refractivity contribution in [2.75, 3.05) is 38.7 Å². The number of rotatable bonds is 6. The number of amides is 1. The van der Waals surface area contributed by atoms with Crippen LogP contribution >= 0.6 is 0 Å². The van der Waals surface area contributed by atoms with Crippen LogP contribution < -0.4 is 0 Å². The van der Waals surface area contributed by atoms with Gasteiger partial charge in [-0.15, -0.1) is 0 Å². The second-order valence-electron chi connectivity index (χ2n) is 5.14. The van der Waals surface area contributed by atoms with E-state index in [4.69, 9.17) is 0 Å². The molecule has 0 aliphatic carbocycles. The SMILES string of the molecule is CCCCN(C)C(=O)CN(C)C1CCS(=O)(=O)C1. The quantitative estimate of drug-likeness (QED) is 0.703. The smallest absolute Gasteiger partial charge is 0.236 e. The summed E-state index contributed by atoms with van der Waals surface area (Å²) in [5, 5.41) is 0. The number of carbonyl (C=O) groups is 1. The monoisotopic (exact) mass is 276 g/mol. The molecule has 0 aromatic heterocycles. The lowest BCUT2D eigenvalue weighted by atomic mass is 10.2. The molecule has 0 saturated carbocycles. The molecule has 0 bridgehead atoms. The second-order valence-corrected chi connectivity index (χ2v) is 7.37. The fraction of sp³-hybridized carbons (Fsp3) is 0.917. The third kappa shape index (κ3) is 4.57. The highest BCUT2D eigenvalue weighted by Crippen LogP contribution is 2.16. The average Bonchev–Trinajstić information content (AvgIpc) is 2.66. The summed E-state index contributed by atoms with van der Waals surface area (Å²) in [5.74, 6) is 0.507. The van der Waals surface area contributed by atoms with E-state index in [1.807, 2.05) is 11.9 Å². The van der Waals surface area contributed by atoms with Gasteiger partial charge in [-0.1, -0.05) is 13.3 Å². The summed E-state index contributed by atoms with van der Waals surface area (Å²) in [6, 6.07) is -0.00137. The standard InChI is InChI=1S/C12H24N2O3S/c1-4-5-7-13(2)12(15)9-14(3)11-6-8-18(16,17)10-11/h11H,4-10H2,1-3H3. The van der Waals surface area contributed by atoms with Crippen molar-refractivity contribution in [2.24, 2.45) is 0 Å². The van der Waals surface area contributed by atoms with E-state index in [9.17, 15) is 13.2 Å². The molecule has 1 rings (SSSR count). The molecule has 5 nitrogen and oxygen atoms in total. The summed E-state index contributed by atoms with van der Waals surface area (Å²) in [4.78, 5) is 15.5. The number of sulfone groups is 1. The average molecular weight is 276 g/mol. The summed E-state index contributed by atoms with van der Waals surface area (Å²) in [6.45, 7) is 3.17. The van der Waals surface area contributed by atoms with Crippen LogP contribution in [0.1, 0.15) is 26.2 Å². The van der Waals surface area contributed by atoms with Crippen molar-refractivity contribution < 1.29 is 13.2 Å². The van der Waals surface area contributed by atoms with Crippen molar-refractivity contribution in [3.8, 4) is 0 Å². The van der Waals surface area contributed by atoms with Crippen LogP contribution in [0.25, 0.3) is 0 Å². The van der Waals surface area contributed by atoms with Crippen molar-refractivity contribution in [1.29, 1.82) is 0 Å². The van der Waals surface area contributed by atoms with Crippen molar-refractivity contribution in [3.63, 3.8) is 0 Å². The zero-order valence-electron chi connectivity index (χ0n) is 11.6. The number of likely N-dealkylation sites (N-methyl/N-ethyl adjacent to an activating group) is 2. The minimum Gasteiger partial charge on any atom is -0.345 e. The first-order chi connectivity index (χ1) is 8.35. The fourth-order valence-electron chi connectivity index (χ4n) is 2.11. The van der Waals surface area contributed by atoms with Gasteiger partial charge in [0.2, 0.25) is 5.91 Å². The lowest BCUT2D eigenvalue weighted by Crippen LogP contribution is -2.42. The van der Waals surface area contributed by atoms with Gasteiger partial charge in [0.15, 0.2) is 9.84 Å². The molecule has 0 N–H and O–H groups in total. The number of nitrogens with zero attached hydrogens (tertiary/aromatic N) is 2. The van der Waals surface area contributed by atoms with E-state index in [0.717, 1.165) is 19.4 Å². The molecule has 1 atom stereocenters. The van der Waals surface area contributed by atoms with Crippen molar-refractivity contribution in [3.05, 3.63) is 0 Å². The van der Waals surface area contributed by atoms with Gasteiger partial charge in [0.25, 0.3) is 0 Å². The molecule has 1 amide bonds. The molecule has 6 heteroatoms. The van der Waals surface area contributed by atoms with Gasteiger partial charge < -0.3 is 4.90 Å². The van der Waals surface area contributed by atoms with E-state index in [2.05, 4.69) is 6.92 Å². The van der Waals surface area contributed by atoms with Gasteiger partial charge in [-0.3, -0.25) is 9.69 Å². The first-order valence-electron chi connectivity index (χ1n) is 6.50. The van der Waals surface area contributed by atoms with Crippen LogP contribution in [0.15, 0.2) is 0 Å².